The first-order valence-corrected chi connectivity index (χ1v) is 10.2. The Morgan fingerprint density at radius 3 is 2.96 bits per heavy atom. The van der Waals surface area contributed by atoms with Crippen molar-refractivity contribution in [1.82, 2.24) is 15.6 Å². The minimum Gasteiger partial charge on any atom is -0.469 e. The zero-order chi connectivity index (χ0) is 18.2. The molecule has 2 N–H and O–H groups in total. The van der Waals surface area contributed by atoms with Gasteiger partial charge in [-0.05, 0) is 24.5 Å². The second-order valence-corrected chi connectivity index (χ2v) is 7.79. The lowest BCUT2D eigenvalue weighted by atomic mass is 10.1. The van der Waals surface area contributed by atoms with Gasteiger partial charge in [-0.25, -0.2) is 9.98 Å². The summed E-state index contributed by atoms with van der Waals surface area (Å²) < 4.78 is 10.8. The molecule has 0 amide bonds. The smallest absolute Gasteiger partial charge is 0.191 e. The molecule has 2 aromatic rings. The Morgan fingerprint density at radius 1 is 1.41 bits per heavy atom. The molecular weight excluding hydrogens is 475 g/mol. The standard InChI is InChI=1S/C19H28N4O2S.HI/c1-14(2)17-13-26-18(23-17)11-22-19(21-10-15-6-9-24-12-15)20-7-5-16-4-3-8-25-16;/h3-4,8,13-15H,5-7,9-12H2,1-2H3,(H2,20,21,22);1H. The summed E-state index contributed by atoms with van der Waals surface area (Å²) in [5.74, 6) is 2.81. The average molecular weight is 504 g/mol. The van der Waals surface area contributed by atoms with E-state index in [-0.39, 0.29) is 24.0 Å². The summed E-state index contributed by atoms with van der Waals surface area (Å²) in [4.78, 5) is 9.38. The third-order valence-corrected chi connectivity index (χ3v) is 5.21. The highest BCUT2D eigenvalue weighted by molar-refractivity contribution is 14.0. The average Bonchev–Trinajstić information content (AvgIpc) is 3.39. The van der Waals surface area contributed by atoms with Crippen molar-refractivity contribution in [2.24, 2.45) is 10.9 Å². The Bertz CT molecular complexity index is 682. The predicted molar refractivity (Wildman–Crippen MR) is 120 cm³/mol. The van der Waals surface area contributed by atoms with E-state index in [1.54, 1.807) is 17.6 Å². The first-order chi connectivity index (χ1) is 12.7. The Hall–Kier alpha value is -1.13. The molecule has 0 spiro atoms. The van der Waals surface area contributed by atoms with E-state index in [9.17, 15) is 0 Å². The van der Waals surface area contributed by atoms with Crippen molar-refractivity contribution in [1.29, 1.82) is 0 Å². The number of aromatic nitrogens is 1. The molecule has 1 fully saturated rings. The molecule has 1 atom stereocenters. The minimum atomic E-state index is 0. The molecule has 2 aromatic heterocycles. The first-order valence-electron chi connectivity index (χ1n) is 9.27. The van der Waals surface area contributed by atoms with Crippen molar-refractivity contribution < 1.29 is 9.15 Å². The maximum Gasteiger partial charge on any atom is 0.191 e. The Morgan fingerprint density at radius 2 is 2.30 bits per heavy atom. The lowest BCUT2D eigenvalue weighted by molar-refractivity contribution is 0.186. The number of ether oxygens (including phenoxy) is 1. The fourth-order valence-corrected chi connectivity index (χ4v) is 3.61. The Balaban J connectivity index is 0.00000261. The normalized spacial score (nSPS) is 17.1. The van der Waals surface area contributed by atoms with Crippen LogP contribution in [0.2, 0.25) is 0 Å². The number of rotatable bonds is 8. The number of thiazole rings is 1. The maximum absolute atomic E-state index is 5.45. The number of nitrogens with zero attached hydrogens (tertiary/aromatic N) is 2. The van der Waals surface area contributed by atoms with Gasteiger partial charge in [0.2, 0.25) is 0 Å². The molecule has 0 bridgehead atoms. The number of halogens is 1. The van der Waals surface area contributed by atoms with Gasteiger partial charge < -0.3 is 19.8 Å². The van der Waals surface area contributed by atoms with Crippen molar-refractivity contribution in [3.05, 3.63) is 40.2 Å². The van der Waals surface area contributed by atoms with Gasteiger partial charge in [-0.15, -0.1) is 35.3 Å². The van der Waals surface area contributed by atoms with Crippen LogP contribution in [0.25, 0.3) is 0 Å². The van der Waals surface area contributed by atoms with Gasteiger partial charge in [0.25, 0.3) is 0 Å². The van der Waals surface area contributed by atoms with Crippen LogP contribution in [0.4, 0.5) is 0 Å². The molecule has 8 heteroatoms. The number of guanidine groups is 1. The molecule has 0 aliphatic carbocycles. The molecule has 1 saturated heterocycles. The molecule has 3 rings (SSSR count). The van der Waals surface area contributed by atoms with Crippen LogP contribution in [0.3, 0.4) is 0 Å². The molecule has 3 heterocycles. The summed E-state index contributed by atoms with van der Waals surface area (Å²) in [5.41, 5.74) is 1.14. The number of nitrogens with one attached hydrogen (secondary N) is 2. The summed E-state index contributed by atoms with van der Waals surface area (Å²) in [7, 11) is 0. The molecular formula is C19H29IN4O2S. The Labute approximate surface area is 182 Å². The Kier molecular flexibility index (Phi) is 9.57. The monoisotopic (exact) mass is 504 g/mol. The highest BCUT2D eigenvalue weighted by atomic mass is 127. The van der Waals surface area contributed by atoms with Crippen molar-refractivity contribution >= 4 is 41.3 Å². The lowest BCUT2D eigenvalue weighted by Gasteiger charge is -2.14. The zero-order valence-corrected chi connectivity index (χ0v) is 19.1. The summed E-state index contributed by atoms with van der Waals surface area (Å²) in [6, 6.07) is 3.91. The number of hydrogen-bond donors (Lipinski definition) is 2. The molecule has 6 nitrogen and oxygen atoms in total. The molecule has 1 aliphatic rings. The highest BCUT2D eigenvalue weighted by Crippen LogP contribution is 2.18. The quantitative estimate of drug-likeness (QED) is 0.325. The van der Waals surface area contributed by atoms with Crippen LogP contribution in [0.1, 0.15) is 42.6 Å². The third-order valence-electron chi connectivity index (χ3n) is 4.36. The topological polar surface area (TPSA) is 71.7 Å². The molecule has 1 aliphatic heterocycles. The summed E-state index contributed by atoms with van der Waals surface area (Å²) in [5, 5.41) is 10.0. The van der Waals surface area contributed by atoms with Crippen molar-refractivity contribution in [2.75, 3.05) is 26.3 Å². The van der Waals surface area contributed by atoms with Crippen LogP contribution in [-0.2, 0) is 17.7 Å². The van der Waals surface area contributed by atoms with Crippen LogP contribution in [0.15, 0.2) is 33.2 Å². The van der Waals surface area contributed by atoms with Gasteiger partial charge in [0.1, 0.15) is 10.8 Å². The first kappa shape index (κ1) is 22.2. The SMILES string of the molecule is CC(C)c1csc(CN=C(NCCc2ccco2)NCC2CCOC2)n1.I. The predicted octanol–water partition coefficient (Wildman–Crippen LogP) is 3.79. The number of furan rings is 1. The molecule has 0 aromatic carbocycles. The largest absolute Gasteiger partial charge is 0.469 e. The van der Waals surface area contributed by atoms with Gasteiger partial charge in [-0.1, -0.05) is 13.8 Å². The lowest BCUT2D eigenvalue weighted by Crippen LogP contribution is -2.40. The van der Waals surface area contributed by atoms with Crippen molar-refractivity contribution in [2.45, 2.75) is 39.2 Å². The third kappa shape index (κ3) is 7.42. The molecule has 0 radical (unpaired) electrons. The molecule has 0 saturated carbocycles. The maximum atomic E-state index is 5.45. The number of aliphatic imine (C=N–C) groups is 1. The van der Waals surface area contributed by atoms with Gasteiger partial charge in [0, 0.05) is 37.4 Å². The van der Waals surface area contributed by atoms with Crippen LogP contribution in [0.5, 0.6) is 0 Å². The molecule has 1 unspecified atom stereocenters. The fraction of sp³-hybridized carbons (Fsp3) is 0.579. The van der Waals surface area contributed by atoms with E-state index in [4.69, 9.17) is 14.1 Å². The van der Waals surface area contributed by atoms with Crippen LogP contribution >= 0.6 is 35.3 Å². The van der Waals surface area contributed by atoms with Crippen LogP contribution < -0.4 is 10.6 Å². The second kappa shape index (κ2) is 11.7. The summed E-state index contributed by atoms with van der Waals surface area (Å²) in [6.07, 6.45) is 3.64. The van der Waals surface area contributed by atoms with Crippen LogP contribution in [-0.4, -0.2) is 37.2 Å². The van der Waals surface area contributed by atoms with Gasteiger partial charge in [0.05, 0.1) is 25.1 Å². The highest BCUT2D eigenvalue weighted by Gasteiger charge is 2.16. The van der Waals surface area contributed by atoms with E-state index >= 15 is 0 Å². The van der Waals surface area contributed by atoms with E-state index in [1.807, 2.05) is 12.1 Å². The minimum absolute atomic E-state index is 0. The summed E-state index contributed by atoms with van der Waals surface area (Å²) >= 11 is 1.68. The van der Waals surface area contributed by atoms with Crippen molar-refractivity contribution in [3.8, 4) is 0 Å². The van der Waals surface area contributed by atoms with Crippen LogP contribution in [0, 0.1) is 5.92 Å². The van der Waals surface area contributed by atoms with Gasteiger partial charge in [-0.2, -0.15) is 0 Å². The fourth-order valence-electron chi connectivity index (χ4n) is 2.73. The summed E-state index contributed by atoms with van der Waals surface area (Å²) in [6.45, 7) is 8.26. The van der Waals surface area contributed by atoms with E-state index in [1.165, 1.54) is 0 Å². The van der Waals surface area contributed by atoms with E-state index in [2.05, 4.69) is 34.8 Å². The second-order valence-electron chi connectivity index (χ2n) is 6.85. The van der Waals surface area contributed by atoms with E-state index in [0.717, 1.165) is 61.6 Å². The molecule has 27 heavy (non-hydrogen) atoms. The molecule has 150 valence electrons. The van der Waals surface area contributed by atoms with Crippen molar-refractivity contribution in [3.63, 3.8) is 0 Å². The zero-order valence-electron chi connectivity index (χ0n) is 15.9. The van der Waals surface area contributed by atoms with E-state index in [0.29, 0.717) is 18.4 Å². The van der Waals surface area contributed by atoms with Gasteiger partial charge in [-0.3, -0.25) is 0 Å². The van der Waals surface area contributed by atoms with Gasteiger partial charge in [0.15, 0.2) is 5.96 Å². The van der Waals surface area contributed by atoms with E-state index < -0.39 is 0 Å². The van der Waals surface area contributed by atoms with Gasteiger partial charge >= 0.3 is 0 Å². The number of hydrogen-bond acceptors (Lipinski definition) is 5.